The van der Waals surface area contributed by atoms with E-state index in [2.05, 4.69) is 36.5 Å². The van der Waals surface area contributed by atoms with Gasteiger partial charge in [-0.1, -0.05) is 17.9 Å². The maximum absolute atomic E-state index is 11.0. The Morgan fingerprint density at radius 3 is 1.14 bits per heavy atom. The Hall–Kier alpha value is -1.90. The highest BCUT2D eigenvalue weighted by atomic mass is 32.0. The molecule has 344 valence electrons. The maximum atomic E-state index is 11.0. The molecule has 0 rings (SSSR count). The van der Waals surface area contributed by atoms with E-state index in [1.54, 1.807) is 53.3 Å². The average molecular weight is 913 g/mol. The summed E-state index contributed by atoms with van der Waals surface area (Å²) in [5.74, 6) is -1.94. The molecule has 0 saturated heterocycles. The van der Waals surface area contributed by atoms with E-state index in [0.717, 1.165) is 34.1 Å². The molecule has 0 aromatic carbocycles. The number of aliphatic carboxylic acids is 2. The lowest BCUT2D eigenvalue weighted by Crippen LogP contribution is -2.34. The zero-order valence-corrected chi connectivity index (χ0v) is 41.1. The van der Waals surface area contributed by atoms with Gasteiger partial charge in [0.15, 0.2) is 0 Å². The summed E-state index contributed by atoms with van der Waals surface area (Å²) in [6.07, 6.45) is 7.27. The molecule has 0 fully saturated rings. The Morgan fingerprint density at radius 1 is 0.586 bits per heavy atom. The molecule has 0 aromatic rings. The molecule has 0 saturated carbocycles. The van der Waals surface area contributed by atoms with Crippen molar-refractivity contribution in [2.45, 2.75) is 193 Å². The van der Waals surface area contributed by atoms with E-state index in [4.69, 9.17) is 21.7 Å². The molecule has 6 N–H and O–H groups in total. The fraction of sp³-hybridized carbons (Fsp3) is 0.941. The standard InChI is InChI=1S/C9H20N2O4P2.C9H22N2O2P2.C8H16N2O4.C8H18N2O2/c1-9(2,11(14)15)6-4-5-7(8(12)13)10(3)17-16;1-8(10(4)15-14)6-5-7-9(2,3)11(12)13;1-8(2,10(13)14)5-3-4-6(9)7(11)12;1-7(9)5-4-6-8(2,3)10(11)12/h7,17H,4-6,16H2,1-3H3,(H,12,13);8,15H,5-7,14H2,1-4H3;6H,3-5,9H2,1-2H3,(H,11,12);7H,4-6,9H2,1-3H3. The van der Waals surface area contributed by atoms with Crippen LogP contribution in [0.1, 0.15) is 146 Å². The van der Waals surface area contributed by atoms with Crippen molar-refractivity contribution in [1.29, 1.82) is 0 Å². The highest BCUT2D eigenvalue weighted by Gasteiger charge is 2.33. The largest absolute Gasteiger partial charge is 0.480 e. The third-order valence-corrected chi connectivity index (χ3v) is 13.6. The molecular weight excluding hydrogens is 836 g/mol. The average Bonchev–Trinajstić information content (AvgIpc) is 3.09. The number of hydrogen-bond acceptors (Lipinski definition) is 14. The Balaban J connectivity index is -0.000000338. The Labute approximate surface area is 353 Å². The summed E-state index contributed by atoms with van der Waals surface area (Å²) in [4.78, 5) is 62.6. The zero-order chi connectivity index (χ0) is 46.8. The van der Waals surface area contributed by atoms with Gasteiger partial charge in [0.1, 0.15) is 12.1 Å². The topological polar surface area (TPSA) is 306 Å². The lowest BCUT2D eigenvalue weighted by Gasteiger charge is -2.23. The van der Waals surface area contributed by atoms with Crippen molar-refractivity contribution in [3.8, 4) is 0 Å². The minimum absolute atomic E-state index is 0.146. The maximum Gasteiger partial charge on any atom is 0.321 e. The highest BCUT2D eigenvalue weighted by molar-refractivity contribution is 8.01. The number of hydrogen-bond donors (Lipinski definition) is 4. The Kier molecular flexibility index (Phi) is 33.6. The number of likely N-dealkylation sites (N-methyl/N-ethyl adjacent to an activating group) is 1. The highest BCUT2D eigenvalue weighted by Crippen LogP contribution is 2.30. The minimum atomic E-state index is -1.07. The van der Waals surface area contributed by atoms with Gasteiger partial charge in [0, 0.05) is 113 Å². The molecule has 0 aliphatic heterocycles. The first kappa shape index (κ1) is 62.7. The summed E-state index contributed by atoms with van der Waals surface area (Å²) in [6, 6.07) is -0.832. The van der Waals surface area contributed by atoms with Crippen LogP contribution in [-0.4, -0.2) is 112 Å². The lowest BCUT2D eigenvalue weighted by atomic mass is 9.96. The second-order valence-corrected chi connectivity index (χ2v) is 20.4. The van der Waals surface area contributed by atoms with E-state index in [-0.39, 0.29) is 32.2 Å². The quantitative estimate of drug-likeness (QED) is 0.0383. The molecule has 0 aliphatic carbocycles. The molecule has 24 heteroatoms. The van der Waals surface area contributed by atoms with Crippen LogP contribution in [0.4, 0.5) is 0 Å². The molecule has 20 nitrogen and oxygen atoms in total. The van der Waals surface area contributed by atoms with E-state index in [0.29, 0.717) is 59.4 Å². The third kappa shape index (κ3) is 31.0. The fourth-order valence-corrected chi connectivity index (χ4v) is 6.66. The minimum Gasteiger partial charge on any atom is -0.480 e. The van der Waals surface area contributed by atoms with E-state index in [9.17, 15) is 50.0 Å². The van der Waals surface area contributed by atoms with Gasteiger partial charge < -0.3 is 21.7 Å². The normalized spacial score (nSPS) is 14.4. The van der Waals surface area contributed by atoms with Crippen LogP contribution in [0.3, 0.4) is 0 Å². The number of carboxylic acid groups (broad SMARTS) is 2. The first-order chi connectivity index (χ1) is 26.2. The molecular formula is C34H76N8O12P4. The van der Waals surface area contributed by atoms with E-state index in [1.165, 1.54) is 13.8 Å². The van der Waals surface area contributed by atoms with E-state index >= 15 is 0 Å². The lowest BCUT2D eigenvalue weighted by molar-refractivity contribution is -0.561. The smallest absolute Gasteiger partial charge is 0.321 e. The molecule has 58 heavy (non-hydrogen) atoms. The SMILES string of the molecule is CC(C)(CCCC(N)C(=O)O)[N+](=O)[O-].CC(CCCC(C)(C)[N+](=O)[O-])N(C)PP.CC(N)CCCC(C)(C)[N+](=O)[O-].CN(PP)C(CCCC(C)(C)[N+](=O)[O-])C(=O)O. The van der Waals surface area contributed by atoms with Gasteiger partial charge in [-0.3, -0.25) is 59.4 Å². The molecule has 0 radical (unpaired) electrons. The summed E-state index contributed by atoms with van der Waals surface area (Å²) in [6.45, 7) is 16.9. The summed E-state index contributed by atoms with van der Waals surface area (Å²) < 4.78 is 3.98. The van der Waals surface area contributed by atoms with Gasteiger partial charge in [-0.25, -0.2) is 0 Å². The Bertz CT molecular complexity index is 1250. The van der Waals surface area contributed by atoms with E-state index in [1.807, 2.05) is 6.92 Å². The van der Waals surface area contributed by atoms with Crippen LogP contribution >= 0.6 is 34.7 Å². The van der Waals surface area contributed by atoms with Crippen LogP contribution in [-0.2, 0) is 9.59 Å². The number of nitro groups is 4. The van der Waals surface area contributed by atoms with Gasteiger partial charge in [-0.15, -0.1) is 0 Å². The molecule has 0 aromatic heterocycles. The van der Waals surface area contributed by atoms with Crippen molar-refractivity contribution < 1.29 is 39.5 Å². The summed E-state index contributed by atoms with van der Waals surface area (Å²) in [5.41, 5.74) is 7.22. The van der Waals surface area contributed by atoms with Crippen molar-refractivity contribution in [2.75, 3.05) is 14.1 Å². The summed E-state index contributed by atoms with van der Waals surface area (Å²) in [7, 11) is 10.1. The third-order valence-electron chi connectivity index (χ3n) is 9.54. The van der Waals surface area contributed by atoms with Crippen LogP contribution in [0.5, 0.6) is 0 Å². The van der Waals surface area contributed by atoms with Crippen LogP contribution in [0.25, 0.3) is 0 Å². The zero-order valence-electron chi connectivity index (χ0n) is 36.8. The predicted molar refractivity (Wildman–Crippen MR) is 241 cm³/mol. The van der Waals surface area contributed by atoms with Gasteiger partial charge in [-0.05, 0) is 96.1 Å². The monoisotopic (exact) mass is 912 g/mol. The second kappa shape index (κ2) is 31.0. The van der Waals surface area contributed by atoms with Crippen LogP contribution in [0, 0.1) is 40.5 Å². The molecule has 0 spiro atoms. The molecule has 0 aliphatic rings. The van der Waals surface area contributed by atoms with Gasteiger partial charge in [-0.2, -0.15) is 0 Å². The molecule has 0 bridgehead atoms. The van der Waals surface area contributed by atoms with E-state index < -0.39 is 46.2 Å². The van der Waals surface area contributed by atoms with Crippen molar-refractivity contribution in [1.82, 2.24) is 9.34 Å². The van der Waals surface area contributed by atoms with Gasteiger partial charge in [0.25, 0.3) is 0 Å². The van der Waals surface area contributed by atoms with Gasteiger partial charge >= 0.3 is 11.9 Å². The first-order valence-electron chi connectivity index (χ1n) is 19.1. The summed E-state index contributed by atoms with van der Waals surface area (Å²) in [5, 5.41) is 59.8. The number of carboxylic acids is 2. The predicted octanol–water partition coefficient (Wildman–Crippen LogP) is 7.08. The van der Waals surface area contributed by atoms with Crippen molar-refractivity contribution in [3.63, 3.8) is 0 Å². The second-order valence-electron chi connectivity index (χ2n) is 17.0. The molecule has 8 unspecified atom stereocenters. The number of rotatable bonds is 26. The van der Waals surface area contributed by atoms with Crippen LogP contribution in [0.2, 0.25) is 0 Å². The number of nitrogens with two attached hydrogens (primary N) is 2. The van der Waals surface area contributed by atoms with Crippen molar-refractivity contribution in [3.05, 3.63) is 40.5 Å². The molecule has 0 heterocycles. The molecule has 0 amide bonds. The first-order valence-corrected chi connectivity index (χ1v) is 24.6. The van der Waals surface area contributed by atoms with Gasteiger partial charge in [0.2, 0.25) is 22.2 Å². The molecule has 8 atom stereocenters. The van der Waals surface area contributed by atoms with Crippen molar-refractivity contribution >= 4 is 46.6 Å². The number of carbonyl (C=O) groups is 2. The fourth-order valence-electron chi connectivity index (χ4n) is 4.55. The summed E-state index contributed by atoms with van der Waals surface area (Å²) >= 11 is 0. The Morgan fingerprint density at radius 2 is 0.879 bits per heavy atom. The van der Waals surface area contributed by atoms with Gasteiger partial charge in [0.05, 0.1) is 0 Å². The van der Waals surface area contributed by atoms with Crippen molar-refractivity contribution in [2.24, 2.45) is 11.5 Å². The van der Waals surface area contributed by atoms with Crippen LogP contribution in [0.15, 0.2) is 0 Å². The van der Waals surface area contributed by atoms with Crippen LogP contribution < -0.4 is 11.5 Å². The number of nitrogens with zero attached hydrogens (tertiary/aromatic N) is 6.